The summed E-state index contributed by atoms with van der Waals surface area (Å²) in [5.41, 5.74) is 2.30. The van der Waals surface area contributed by atoms with Crippen molar-refractivity contribution in [2.45, 2.75) is 32.5 Å². The van der Waals surface area contributed by atoms with Gasteiger partial charge in [-0.2, -0.15) is 0 Å². The van der Waals surface area contributed by atoms with Crippen LogP contribution in [0.5, 0.6) is 0 Å². The molecule has 2 atom stereocenters. The zero-order chi connectivity index (χ0) is 14.9. The number of amides is 1. The summed E-state index contributed by atoms with van der Waals surface area (Å²) in [7, 11) is 0. The van der Waals surface area contributed by atoms with Crippen molar-refractivity contribution in [2.24, 2.45) is 0 Å². The second-order valence-corrected chi connectivity index (χ2v) is 6.74. The number of carbonyl (C=O) groups is 1. The van der Waals surface area contributed by atoms with Crippen LogP contribution in [0.1, 0.15) is 18.1 Å². The van der Waals surface area contributed by atoms with Gasteiger partial charge in [0.05, 0.1) is 25.3 Å². The zero-order valence-electron chi connectivity index (χ0n) is 11.4. The fourth-order valence-corrected chi connectivity index (χ4v) is 3.97. The highest BCUT2D eigenvalue weighted by atomic mass is 127. The topological polar surface area (TPSA) is 49.8 Å². The summed E-state index contributed by atoms with van der Waals surface area (Å²) >= 11 is 8.29. The lowest BCUT2D eigenvalue weighted by Gasteiger charge is -2.35. The summed E-state index contributed by atoms with van der Waals surface area (Å²) in [6.07, 6.45) is -0.360. The summed E-state index contributed by atoms with van der Waals surface area (Å²) in [5.74, 6) is 0. The number of benzene rings is 1. The molecule has 1 aromatic rings. The highest BCUT2D eigenvalue weighted by Gasteiger charge is 2.29. The summed E-state index contributed by atoms with van der Waals surface area (Å²) in [5, 5.41) is 9.86. The van der Waals surface area contributed by atoms with E-state index in [1.54, 1.807) is 0 Å². The van der Waals surface area contributed by atoms with E-state index in [0.29, 0.717) is 19.5 Å². The predicted molar refractivity (Wildman–Crippen MR) is 86.5 cm³/mol. The number of hydrogen-bond donors (Lipinski definition) is 1. The maximum Gasteiger partial charge on any atom is 0.407 e. The van der Waals surface area contributed by atoms with Crippen LogP contribution >= 0.6 is 34.2 Å². The number of morpholine rings is 1. The molecule has 6 heteroatoms. The molecule has 0 saturated carbocycles. The first-order valence-corrected chi connectivity index (χ1v) is 7.90. The fourth-order valence-electron chi connectivity index (χ4n) is 2.53. The van der Waals surface area contributed by atoms with Gasteiger partial charge in [0.1, 0.15) is 0 Å². The molecule has 1 aliphatic heterocycles. The number of ether oxygens (including phenoxy) is 1. The Hall–Kier alpha value is -0.530. The summed E-state index contributed by atoms with van der Waals surface area (Å²) in [4.78, 5) is 12.6. The van der Waals surface area contributed by atoms with Crippen LogP contribution in [0.15, 0.2) is 12.1 Å². The molecular weight excluding hydrogens is 393 g/mol. The molecule has 1 heterocycles. The molecule has 0 bridgehead atoms. The van der Waals surface area contributed by atoms with E-state index < -0.39 is 6.09 Å². The van der Waals surface area contributed by atoms with Gasteiger partial charge in [0.15, 0.2) is 0 Å². The molecule has 20 heavy (non-hydrogen) atoms. The van der Waals surface area contributed by atoms with E-state index in [4.69, 9.17) is 21.4 Å². The molecular formula is C14H17ClINO3. The van der Waals surface area contributed by atoms with Gasteiger partial charge < -0.3 is 14.7 Å². The van der Waals surface area contributed by atoms with Gasteiger partial charge in [0.2, 0.25) is 0 Å². The lowest BCUT2D eigenvalue weighted by Crippen LogP contribution is -2.49. The Morgan fingerprint density at radius 1 is 1.55 bits per heavy atom. The van der Waals surface area contributed by atoms with E-state index >= 15 is 0 Å². The van der Waals surface area contributed by atoms with E-state index in [1.165, 1.54) is 10.5 Å². The molecule has 1 unspecified atom stereocenters. The average molecular weight is 410 g/mol. The Labute approximate surface area is 137 Å². The van der Waals surface area contributed by atoms with Crippen molar-refractivity contribution in [2.75, 3.05) is 13.1 Å². The third-order valence-corrected chi connectivity index (χ3v) is 4.59. The normalized spacial score (nSPS) is 22.9. The van der Waals surface area contributed by atoms with Crippen LogP contribution in [0.2, 0.25) is 5.02 Å². The van der Waals surface area contributed by atoms with Gasteiger partial charge in [0.25, 0.3) is 0 Å². The molecule has 110 valence electrons. The number of aryl methyl sites for hydroxylation is 1. The Bertz CT molecular complexity index is 500. The van der Waals surface area contributed by atoms with E-state index in [1.807, 2.05) is 26.0 Å². The average Bonchev–Trinajstić information content (AvgIpc) is 2.33. The Morgan fingerprint density at radius 3 is 2.85 bits per heavy atom. The van der Waals surface area contributed by atoms with Crippen molar-refractivity contribution in [3.05, 3.63) is 31.9 Å². The molecule has 1 fully saturated rings. The number of carboxylic acid groups (broad SMARTS) is 1. The van der Waals surface area contributed by atoms with Crippen molar-refractivity contribution >= 4 is 40.3 Å². The lowest BCUT2D eigenvalue weighted by atomic mass is 10.0. The zero-order valence-corrected chi connectivity index (χ0v) is 14.3. The minimum absolute atomic E-state index is 0.0740. The summed E-state index contributed by atoms with van der Waals surface area (Å²) in [6.45, 7) is 4.77. The number of nitrogens with zero attached hydrogens (tertiary/aromatic N) is 1. The van der Waals surface area contributed by atoms with Gasteiger partial charge in [-0.15, -0.1) is 0 Å². The van der Waals surface area contributed by atoms with Crippen LogP contribution in [0.3, 0.4) is 0 Å². The molecule has 1 N–H and O–H groups in total. The number of halogens is 2. The number of rotatable bonds is 2. The van der Waals surface area contributed by atoms with Crippen LogP contribution < -0.4 is 0 Å². The summed E-state index contributed by atoms with van der Waals surface area (Å²) in [6, 6.07) is 3.85. The lowest BCUT2D eigenvalue weighted by molar-refractivity contribution is -0.0683. The van der Waals surface area contributed by atoms with Crippen molar-refractivity contribution in [3.8, 4) is 0 Å². The smallest absolute Gasteiger partial charge is 0.407 e. The van der Waals surface area contributed by atoms with Gasteiger partial charge in [-0.3, -0.25) is 0 Å². The first-order valence-electron chi connectivity index (χ1n) is 6.44. The Kier molecular flexibility index (Phi) is 5.14. The van der Waals surface area contributed by atoms with Gasteiger partial charge in [-0.1, -0.05) is 11.6 Å². The minimum Gasteiger partial charge on any atom is -0.465 e. The monoisotopic (exact) mass is 409 g/mol. The molecule has 1 aromatic carbocycles. The minimum atomic E-state index is -0.882. The van der Waals surface area contributed by atoms with Crippen molar-refractivity contribution in [1.29, 1.82) is 0 Å². The third kappa shape index (κ3) is 3.77. The predicted octanol–water partition coefficient (Wildman–Crippen LogP) is 3.56. The van der Waals surface area contributed by atoms with Gasteiger partial charge in [0, 0.05) is 15.0 Å². The molecule has 0 aromatic heterocycles. The molecule has 4 nitrogen and oxygen atoms in total. The second kappa shape index (κ2) is 6.49. The Balaban J connectivity index is 2.15. The van der Waals surface area contributed by atoms with Crippen molar-refractivity contribution in [1.82, 2.24) is 4.90 Å². The highest BCUT2D eigenvalue weighted by molar-refractivity contribution is 14.1. The SMILES string of the molecule is Cc1cc(Cl)cc(I)c1CC1CN(C(=O)O)C[C@H](C)O1. The quantitative estimate of drug-likeness (QED) is 0.760. The summed E-state index contributed by atoms with van der Waals surface area (Å²) < 4.78 is 6.96. The van der Waals surface area contributed by atoms with Crippen LogP contribution in [0.4, 0.5) is 4.79 Å². The van der Waals surface area contributed by atoms with Crippen LogP contribution in [0, 0.1) is 10.5 Å². The molecule has 1 saturated heterocycles. The first-order chi connectivity index (χ1) is 9.36. The molecule has 0 spiro atoms. The van der Waals surface area contributed by atoms with E-state index in [2.05, 4.69) is 22.6 Å². The molecule has 2 rings (SSSR count). The molecule has 0 aliphatic carbocycles. The molecule has 1 aliphatic rings. The van der Waals surface area contributed by atoms with Crippen molar-refractivity contribution < 1.29 is 14.6 Å². The van der Waals surface area contributed by atoms with Gasteiger partial charge in [-0.25, -0.2) is 4.79 Å². The van der Waals surface area contributed by atoms with Crippen LogP contribution in [0.25, 0.3) is 0 Å². The number of hydrogen-bond acceptors (Lipinski definition) is 2. The van der Waals surface area contributed by atoms with E-state index in [9.17, 15) is 4.79 Å². The van der Waals surface area contributed by atoms with Gasteiger partial charge in [-0.05, 0) is 59.7 Å². The van der Waals surface area contributed by atoms with E-state index in [-0.39, 0.29) is 12.2 Å². The second-order valence-electron chi connectivity index (χ2n) is 5.14. The molecule has 0 radical (unpaired) electrons. The fraction of sp³-hybridized carbons (Fsp3) is 0.500. The molecule has 1 amide bonds. The maximum atomic E-state index is 11.1. The Morgan fingerprint density at radius 2 is 2.25 bits per heavy atom. The largest absolute Gasteiger partial charge is 0.465 e. The van der Waals surface area contributed by atoms with Gasteiger partial charge >= 0.3 is 6.09 Å². The third-order valence-electron chi connectivity index (χ3n) is 3.41. The highest BCUT2D eigenvalue weighted by Crippen LogP contribution is 2.25. The standard InChI is InChI=1S/C14H17ClINO3/c1-8-3-10(15)4-13(16)12(8)5-11-7-17(14(18)19)6-9(2)20-11/h3-4,9,11H,5-7H2,1-2H3,(H,18,19)/t9-,11?/m0/s1. The maximum absolute atomic E-state index is 11.1. The van der Waals surface area contributed by atoms with E-state index in [0.717, 1.165) is 14.2 Å². The van der Waals surface area contributed by atoms with Crippen LogP contribution in [-0.2, 0) is 11.2 Å². The van der Waals surface area contributed by atoms with Crippen LogP contribution in [-0.4, -0.2) is 41.4 Å². The van der Waals surface area contributed by atoms with Crippen molar-refractivity contribution in [3.63, 3.8) is 0 Å². The first kappa shape index (κ1) is 15.9.